The van der Waals surface area contributed by atoms with E-state index >= 15 is 0 Å². The highest BCUT2D eigenvalue weighted by Crippen LogP contribution is 2.17. The zero-order chi connectivity index (χ0) is 15.0. The van der Waals surface area contributed by atoms with Gasteiger partial charge in [-0.3, -0.25) is 0 Å². The second-order valence-electron chi connectivity index (χ2n) is 4.68. The number of carbonyl (C=O) groups excluding carboxylic acids is 1. The monoisotopic (exact) mass is 279 g/mol. The van der Waals surface area contributed by atoms with Crippen molar-refractivity contribution in [2.75, 3.05) is 39.2 Å². The molecule has 0 aromatic heterocycles. The first kappa shape index (κ1) is 16.5. The van der Waals surface area contributed by atoms with E-state index in [2.05, 4.69) is 17.6 Å². The van der Waals surface area contributed by atoms with Crippen molar-refractivity contribution >= 4 is 11.7 Å². The molecule has 0 fully saturated rings. The maximum atomic E-state index is 12.0. The van der Waals surface area contributed by atoms with Crippen molar-refractivity contribution in [2.24, 2.45) is 0 Å². The van der Waals surface area contributed by atoms with Crippen molar-refractivity contribution < 1.29 is 9.53 Å². The minimum Gasteiger partial charge on any atom is -0.380 e. The van der Waals surface area contributed by atoms with Crippen LogP contribution >= 0.6 is 0 Å². The topological polar surface area (TPSA) is 53.6 Å². The molecule has 1 aromatic carbocycles. The summed E-state index contributed by atoms with van der Waals surface area (Å²) in [5, 5.41) is 6.07. The normalized spacial score (nSPS) is 12.0. The average Bonchev–Trinajstić information content (AvgIpc) is 2.46. The lowest BCUT2D eigenvalue weighted by atomic mass is 10.1. The Labute approximate surface area is 121 Å². The predicted molar refractivity (Wildman–Crippen MR) is 82.1 cm³/mol. The molecule has 20 heavy (non-hydrogen) atoms. The number of rotatable bonds is 7. The van der Waals surface area contributed by atoms with Crippen molar-refractivity contribution in [1.82, 2.24) is 10.2 Å². The fourth-order valence-corrected chi connectivity index (χ4v) is 1.72. The Morgan fingerprint density at radius 3 is 2.85 bits per heavy atom. The van der Waals surface area contributed by atoms with Gasteiger partial charge in [-0.25, -0.2) is 4.79 Å². The molecule has 0 aliphatic carbocycles. The van der Waals surface area contributed by atoms with E-state index in [1.54, 1.807) is 11.9 Å². The summed E-state index contributed by atoms with van der Waals surface area (Å²) in [7, 11) is 3.67. The zero-order valence-corrected chi connectivity index (χ0v) is 12.8. The molecule has 1 rings (SSSR count). The summed E-state index contributed by atoms with van der Waals surface area (Å²) < 4.78 is 5.24. The summed E-state index contributed by atoms with van der Waals surface area (Å²) in [5.74, 6) is 0. The van der Waals surface area contributed by atoms with Crippen molar-refractivity contribution in [3.63, 3.8) is 0 Å². The van der Waals surface area contributed by atoms with E-state index in [0.29, 0.717) is 19.8 Å². The van der Waals surface area contributed by atoms with Crippen LogP contribution in [-0.4, -0.2) is 44.8 Å². The van der Waals surface area contributed by atoms with Crippen molar-refractivity contribution in [3.8, 4) is 0 Å². The van der Waals surface area contributed by atoms with Crippen molar-refractivity contribution in [1.29, 1.82) is 0 Å². The van der Waals surface area contributed by atoms with E-state index in [-0.39, 0.29) is 12.1 Å². The lowest BCUT2D eigenvalue weighted by Gasteiger charge is -2.18. The van der Waals surface area contributed by atoms with Crippen LogP contribution in [0, 0.1) is 0 Å². The van der Waals surface area contributed by atoms with Gasteiger partial charge in [0.2, 0.25) is 0 Å². The quantitative estimate of drug-likeness (QED) is 0.754. The zero-order valence-electron chi connectivity index (χ0n) is 12.8. The van der Waals surface area contributed by atoms with E-state index in [9.17, 15) is 4.79 Å². The number of anilines is 1. The molecule has 5 nitrogen and oxygen atoms in total. The summed E-state index contributed by atoms with van der Waals surface area (Å²) in [6.45, 7) is 5.81. The van der Waals surface area contributed by atoms with Crippen LogP contribution in [-0.2, 0) is 4.74 Å². The lowest BCUT2D eigenvalue weighted by Crippen LogP contribution is -2.34. The number of hydrogen-bond donors (Lipinski definition) is 2. The number of nitrogens with one attached hydrogen (secondary N) is 2. The van der Waals surface area contributed by atoms with Crippen LogP contribution in [0.15, 0.2) is 24.3 Å². The fourth-order valence-electron chi connectivity index (χ4n) is 1.72. The highest BCUT2D eigenvalue weighted by atomic mass is 16.5. The maximum absolute atomic E-state index is 12.0. The van der Waals surface area contributed by atoms with E-state index in [1.165, 1.54) is 0 Å². The molecule has 0 aliphatic heterocycles. The number of likely N-dealkylation sites (N-methyl/N-ethyl adjacent to an activating group) is 1. The summed E-state index contributed by atoms with van der Waals surface area (Å²) in [4.78, 5) is 13.6. The van der Waals surface area contributed by atoms with Gasteiger partial charge in [0.25, 0.3) is 0 Å². The Kier molecular flexibility index (Phi) is 7.04. The second-order valence-corrected chi connectivity index (χ2v) is 4.68. The average molecular weight is 279 g/mol. The standard InChI is InChI=1S/C15H25N3O2/c1-5-20-10-9-18(4)15(19)17-14-8-6-7-13(11-14)12(2)16-3/h6-8,11-12,16H,5,9-10H2,1-4H3,(H,17,19). The molecule has 2 N–H and O–H groups in total. The van der Waals surface area contributed by atoms with Gasteiger partial charge in [-0.1, -0.05) is 12.1 Å². The first-order chi connectivity index (χ1) is 9.58. The van der Waals surface area contributed by atoms with Crippen LogP contribution in [0.25, 0.3) is 0 Å². The molecule has 112 valence electrons. The van der Waals surface area contributed by atoms with E-state index < -0.39 is 0 Å². The summed E-state index contributed by atoms with van der Waals surface area (Å²) in [6.07, 6.45) is 0. The Hall–Kier alpha value is -1.59. The highest BCUT2D eigenvalue weighted by Gasteiger charge is 2.09. The molecule has 0 radical (unpaired) electrons. The molecular weight excluding hydrogens is 254 g/mol. The molecule has 2 amide bonds. The minimum atomic E-state index is -0.126. The molecule has 0 aliphatic rings. The number of benzene rings is 1. The Morgan fingerprint density at radius 2 is 2.20 bits per heavy atom. The molecule has 1 aromatic rings. The van der Waals surface area contributed by atoms with E-state index in [4.69, 9.17) is 4.74 Å². The van der Waals surface area contributed by atoms with E-state index in [0.717, 1.165) is 11.3 Å². The van der Waals surface area contributed by atoms with Crippen LogP contribution in [0.2, 0.25) is 0 Å². The van der Waals surface area contributed by atoms with Crippen LogP contribution in [0.4, 0.5) is 10.5 Å². The summed E-state index contributed by atoms with van der Waals surface area (Å²) in [6, 6.07) is 7.98. The van der Waals surface area contributed by atoms with Gasteiger partial charge in [0.15, 0.2) is 0 Å². The van der Waals surface area contributed by atoms with Gasteiger partial charge in [0.05, 0.1) is 6.61 Å². The van der Waals surface area contributed by atoms with Gasteiger partial charge in [0.1, 0.15) is 0 Å². The largest absolute Gasteiger partial charge is 0.380 e. The number of amides is 2. The first-order valence-corrected chi connectivity index (χ1v) is 6.95. The lowest BCUT2D eigenvalue weighted by molar-refractivity contribution is 0.128. The van der Waals surface area contributed by atoms with Crippen molar-refractivity contribution in [2.45, 2.75) is 19.9 Å². The van der Waals surface area contributed by atoms with E-state index in [1.807, 2.05) is 38.2 Å². The third-order valence-corrected chi connectivity index (χ3v) is 3.19. The molecule has 1 unspecified atom stereocenters. The first-order valence-electron chi connectivity index (χ1n) is 6.95. The minimum absolute atomic E-state index is 0.126. The third kappa shape index (κ3) is 5.19. The van der Waals surface area contributed by atoms with Gasteiger partial charge in [0, 0.05) is 31.9 Å². The molecule has 1 atom stereocenters. The number of urea groups is 1. The fraction of sp³-hybridized carbons (Fsp3) is 0.533. The predicted octanol–water partition coefficient (Wildman–Crippen LogP) is 2.47. The second kappa shape index (κ2) is 8.55. The Balaban J connectivity index is 2.57. The van der Waals surface area contributed by atoms with Crippen molar-refractivity contribution in [3.05, 3.63) is 29.8 Å². The van der Waals surface area contributed by atoms with Crippen LogP contribution < -0.4 is 10.6 Å². The van der Waals surface area contributed by atoms with Gasteiger partial charge in [-0.2, -0.15) is 0 Å². The molecular formula is C15H25N3O2. The molecule has 0 spiro atoms. The number of nitrogens with zero attached hydrogens (tertiary/aromatic N) is 1. The Morgan fingerprint density at radius 1 is 1.45 bits per heavy atom. The summed E-state index contributed by atoms with van der Waals surface area (Å²) in [5.41, 5.74) is 1.94. The molecule has 0 heterocycles. The number of ether oxygens (including phenoxy) is 1. The maximum Gasteiger partial charge on any atom is 0.321 e. The molecule has 0 saturated heterocycles. The van der Waals surface area contributed by atoms with Gasteiger partial charge < -0.3 is 20.3 Å². The molecule has 0 bridgehead atoms. The number of hydrogen-bond acceptors (Lipinski definition) is 3. The molecule has 0 saturated carbocycles. The smallest absolute Gasteiger partial charge is 0.321 e. The highest BCUT2D eigenvalue weighted by molar-refractivity contribution is 5.89. The summed E-state index contributed by atoms with van der Waals surface area (Å²) >= 11 is 0. The third-order valence-electron chi connectivity index (χ3n) is 3.19. The van der Waals surface area contributed by atoms with Crippen LogP contribution in [0.5, 0.6) is 0 Å². The number of carbonyl (C=O) groups is 1. The Bertz CT molecular complexity index is 423. The molecule has 5 heteroatoms. The van der Waals surface area contributed by atoms with Gasteiger partial charge in [-0.15, -0.1) is 0 Å². The van der Waals surface area contributed by atoms with Crippen LogP contribution in [0.1, 0.15) is 25.5 Å². The van der Waals surface area contributed by atoms with Crippen LogP contribution in [0.3, 0.4) is 0 Å². The SMILES string of the molecule is CCOCCN(C)C(=O)Nc1cccc(C(C)NC)c1. The van der Waals surface area contributed by atoms with Gasteiger partial charge >= 0.3 is 6.03 Å². The van der Waals surface area contributed by atoms with Gasteiger partial charge in [-0.05, 0) is 38.6 Å².